The highest BCUT2D eigenvalue weighted by Gasteiger charge is 2.18. The van der Waals surface area contributed by atoms with E-state index in [1.165, 1.54) is 12.4 Å². The second-order valence-electron chi connectivity index (χ2n) is 6.38. The van der Waals surface area contributed by atoms with Crippen LogP contribution in [0.15, 0.2) is 60.9 Å². The molecule has 1 amide bonds. The first-order valence-corrected chi connectivity index (χ1v) is 9.91. The topological polar surface area (TPSA) is 91.3 Å². The first-order chi connectivity index (χ1) is 14.3. The number of nitrogens with zero attached hydrogens (tertiary/aromatic N) is 1. The number of aliphatic carboxylic acids is 1. The number of anilines is 2. The van der Waals surface area contributed by atoms with E-state index < -0.39 is 17.9 Å². The van der Waals surface area contributed by atoms with Gasteiger partial charge in [0.05, 0.1) is 15.7 Å². The third kappa shape index (κ3) is 5.63. The van der Waals surface area contributed by atoms with E-state index in [-0.39, 0.29) is 22.2 Å². The second-order valence-corrected chi connectivity index (χ2v) is 7.63. The van der Waals surface area contributed by atoms with Crippen molar-refractivity contribution in [1.82, 2.24) is 4.98 Å². The standard InChI is InChI=1S/C21H16Cl3N3O3/c22-14-2-1-3-15(9-14)26-18(21(29)30)8-12-4-6-13(7-5-12)20(28)27-19-16(23)10-25-11-17(19)24/h1-7,9-11,18,26H,8H2,(H,29,30)(H,25,27,28). The molecule has 1 unspecified atom stereocenters. The summed E-state index contributed by atoms with van der Waals surface area (Å²) < 4.78 is 0. The van der Waals surface area contributed by atoms with Crippen LogP contribution in [0.25, 0.3) is 0 Å². The van der Waals surface area contributed by atoms with Crippen LogP contribution in [0.2, 0.25) is 15.1 Å². The number of hydrogen-bond donors (Lipinski definition) is 3. The quantitative estimate of drug-likeness (QED) is 0.435. The van der Waals surface area contributed by atoms with Gasteiger partial charge in [-0.2, -0.15) is 0 Å². The molecule has 3 aromatic rings. The minimum absolute atomic E-state index is 0.214. The highest BCUT2D eigenvalue weighted by molar-refractivity contribution is 6.39. The van der Waals surface area contributed by atoms with Gasteiger partial charge in [-0.05, 0) is 35.9 Å². The smallest absolute Gasteiger partial charge is 0.326 e. The lowest BCUT2D eigenvalue weighted by Gasteiger charge is -2.16. The minimum Gasteiger partial charge on any atom is -0.480 e. The molecule has 0 saturated heterocycles. The Morgan fingerprint density at radius 2 is 1.67 bits per heavy atom. The van der Waals surface area contributed by atoms with Crippen molar-refractivity contribution < 1.29 is 14.7 Å². The molecule has 6 nitrogen and oxygen atoms in total. The summed E-state index contributed by atoms with van der Waals surface area (Å²) in [5.41, 5.74) is 2.00. The molecule has 1 aromatic heterocycles. The maximum atomic E-state index is 12.5. The average Bonchev–Trinajstić information content (AvgIpc) is 2.71. The number of pyridine rings is 1. The van der Waals surface area contributed by atoms with E-state index >= 15 is 0 Å². The van der Waals surface area contributed by atoms with Gasteiger partial charge < -0.3 is 15.7 Å². The number of rotatable bonds is 7. The van der Waals surface area contributed by atoms with Gasteiger partial charge in [-0.15, -0.1) is 0 Å². The van der Waals surface area contributed by atoms with Crippen LogP contribution in [0.4, 0.5) is 11.4 Å². The van der Waals surface area contributed by atoms with E-state index in [4.69, 9.17) is 34.8 Å². The molecule has 1 heterocycles. The number of carboxylic acid groups (broad SMARTS) is 1. The maximum Gasteiger partial charge on any atom is 0.326 e. The number of halogens is 3. The molecule has 0 spiro atoms. The lowest BCUT2D eigenvalue weighted by atomic mass is 10.0. The molecule has 30 heavy (non-hydrogen) atoms. The Labute approximate surface area is 187 Å². The van der Waals surface area contributed by atoms with Gasteiger partial charge in [0.2, 0.25) is 0 Å². The monoisotopic (exact) mass is 463 g/mol. The predicted molar refractivity (Wildman–Crippen MR) is 119 cm³/mol. The molecular weight excluding hydrogens is 449 g/mol. The summed E-state index contributed by atoms with van der Waals surface area (Å²) in [5, 5.41) is 16.1. The molecule has 1 atom stereocenters. The van der Waals surface area contributed by atoms with Gasteiger partial charge in [0.1, 0.15) is 6.04 Å². The summed E-state index contributed by atoms with van der Waals surface area (Å²) in [6.45, 7) is 0. The van der Waals surface area contributed by atoms with Gasteiger partial charge in [-0.25, -0.2) is 4.79 Å². The summed E-state index contributed by atoms with van der Waals surface area (Å²) in [6.07, 6.45) is 2.97. The zero-order valence-corrected chi connectivity index (χ0v) is 17.7. The van der Waals surface area contributed by atoms with Crippen LogP contribution in [-0.4, -0.2) is 28.0 Å². The van der Waals surface area contributed by atoms with Crippen LogP contribution in [-0.2, 0) is 11.2 Å². The summed E-state index contributed by atoms with van der Waals surface area (Å²) in [6, 6.07) is 12.6. The Morgan fingerprint density at radius 1 is 1.00 bits per heavy atom. The SMILES string of the molecule is O=C(Nc1c(Cl)cncc1Cl)c1ccc(CC(Nc2cccc(Cl)c2)C(=O)O)cc1. The predicted octanol–water partition coefficient (Wildman–Crippen LogP) is 5.40. The van der Waals surface area contributed by atoms with E-state index in [1.807, 2.05) is 0 Å². The van der Waals surface area contributed by atoms with E-state index in [2.05, 4.69) is 15.6 Å². The van der Waals surface area contributed by atoms with E-state index in [9.17, 15) is 14.7 Å². The molecule has 154 valence electrons. The number of amides is 1. The molecule has 0 fully saturated rings. The minimum atomic E-state index is -1.00. The lowest BCUT2D eigenvalue weighted by molar-refractivity contribution is -0.137. The Kier molecular flexibility index (Phi) is 7.15. The molecule has 0 aliphatic rings. The summed E-state index contributed by atoms with van der Waals surface area (Å²) in [7, 11) is 0. The number of hydrogen-bond acceptors (Lipinski definition) is 4. The van der Waals surface area contributed by atoms with Crippen molar-refractivity contribution in [2.24, 2.45) is 0 Å². The number of carboxylic acids is 1. The van der Waals surface area contributed by atoms with Crippen molar-refractivity contribution in [2.45, 2.75) is 12.5 Å². The van der Waals surface area contributed by atoms with E-state index in [0.717, 1.165) is 5.56 Å². The fourth-order valence-corrected chi connectivity index (χ4v) is 3.37. The molecule has 0 bridgehead atoms. The number of benzene rings is 2. The van der Waals surface area contributed by atoms with Gasteiger partial charge in [-0.1, -0.05) is 53.0 Å². The molecule has 0 radical (unpaired) electrons. The van der Waals surface area contributed by atoms with Crippen LogP contribution in [0.5, 0.6) is 0 Å². The van der Waals surface area contributed by atoms with Crippen molar-refractivity contribution in [1.29, 1.82) is 0 Å². The Hall–Kier alpha value is -2.80. The molecule has 0 aliphatic heterocycles. The maximum absolute atomic E-state index is 12.5. The highest BCUT2D eigenvalue weighted by Crippen LogP contribution is 2.29. The molecule has 0 saturated carbocycles. The largest absolute Gasteiger partial charge is 0.480 e. The van der Waals surface area contributed by atoms with Gasteiger partial charge in [0.15, 0.2) is 0 Å². The van der Waals surface area contributed by atoms with Gasteiger partial charge in [0, 0.05) is 35.1 Å². The molecule has 2 aromatic carbocycles. The fourth-order valence-electron chi connectivity index (χ4n) is 2.72. The van der Waals surface area contributed by atoms with Crippen molar-refractivity contribution in [3.05, 3.63) is 87.1 Å². The molecule has 3 rings (SSSR count). The Bertz CT molecular complexity index is 1050. The summed E-state index contributed by atoms with van der Waals surface area (Å²) >= 11 is 18.0. The number of carbonyl (C=O) groups excluding carboxylic acids is 1. The zero-order valence-electron chi connectivity index (χ0n) is 15.4. The van der Waals surface area contributed by atoms with E-state index in [1.54, 1.807) is 48.5 Å². The van der Waals surface area contributed by atoms with Crippen molar-refractivity contribution in [2.75, 3.05) is 10.6 Å². The van der Waals surface area contributed by atoms with Crippen LogP contribution >= 0.6 is 34.8 Å². The summed E-state index contributed by atoms with van der Waals surface area (Å²) in [4.78, 5) is 27.9. The Morgan fingerprint density at radius 3 is 2.27 bits per heavy atom. The van der Waals surface area contributed by atoms with Crippen molar-refractivity contribution >= 4 is 58.1 Å². The fraction of sp³-hybridized carbons (Fsp3) is 0.0952. The molecular formula is C21H16Cl3N3O3. The van der Waals surface area contributed by atoms with Crippen LogP contribution in [0.1, 0.15) is 15.9 Å². The molecule has 9 heteroatoms. The molecule has 0 aliphatic carbocycles. The third-order valence-electron chi connectivity index (χ3n) is 4.21. The first kappa shape index (κ1) is 21.9. The number of aromatic nitrogens is 1. The number of nitrogens with one attached hydrogen (secondary N) is 2. The van der Waals surface area contributed by atoms with Gasteiger partial charge in [-0.3, -0.25) is 9.78 Å². The lowest BCUT2D eigenvalue weighted by Crippen LogP contribution is -2.31. The summed E-state index contributed by atoms with van der Waals surface area (Å²) in [5.74, 6) is -1.40. The zero-order chi connectivity index (χ0) is 21.7. The second kappa shape index (κ2) is 9.80. The highest BCUT2D eigenvalue weighted by atomic mass is 35.5. The first-order valence-electron chi connectivity index (χ1n) is 8.77. The van der Waals surface area contributed by atoms with E-state index in [0.29, 0.717) is 16.3 Å². The number of carbonyl (C=O) groups is 2. The molecule has 3 N–H and O–H groups in total. The Balaban J connectivity index is 1.69. The van der Waals surface area contributed by atoms with Crippen molar-refractivity contribution in [3.8, 4) is 0 Å². The van der Waals surface area contributed by atoms with Crippen LogP contribution in [0, 0.1) is 0 Å². The van der Waals surface area contributed by atoms with Gasteiger partial charge >= 0.3 is 5.97 Å². The average molecular weight is 465 g/mol. The normalized spacial score (nSPS) is 11.6. The third-order valence-corrected chi connectivity index (χ3v) is 5.02. The van der Waals surface area contributed by atoms with Crippen LogP contribution in [0.3, 0.4) is 0 Å². The van der Waals surface area contributed by atoms with Crippen LogP contribution < -0.4 is 10.6 Å². The van der Waals surface area contributed by atoms with Gasteiger partial charge in [0.25, 0.3) is 5.91 Å². The van der Waals surface area contributed by atoms with Crippen molar-refractivity contribution in [3.63, 3.8) is 0 Å².